The molecule has 1 aromatic carbocycles. The van der Waals surface area contributed by atoms with Crippen molar-refractivity contribution in [2.45, 2.75) is 19.4 Å². The minimum absolute atomic E-state index is 0.202. The fourth-order valence-electron chi connectivity index (χ4n) is 3.49. The summed E-state index contributed by atoms with van der Waals surface area (Å²) in [7, 11) is 2.84. The minimum Gasteiger partial charge on any atom is -0.491 e. The molecule has 0 fully saturated rings. The molecule has 31 heavy (non-hydrogen) atoms. The van der Waals surface area contributed by atoms with E-state index < -0.39 is 0 Å². The van der Waals surface area contributed by atoms with Crippen LogP contribution < -0.4 is 10.2 Å². The quantitative estimate of drug-likeness (QED) is 0.572. The van der Waals surface area contributed by atoms with Crippen molar-refractivity contribution in [3.63, 3.8) is 0 Å². The summed E-state index contributed by atoms with van der Waals surface area (Å²) >= 11 is 0. The van der Waals surface area contributed by atoms with Gasteiger partial charge in [0, 0.05) is 5.57 Å². The van der Waals surface area contributed by atoms with E-state index in [1.165, 1.54) is 14.2 Å². The van der Waals surface area contributed by atoms with E-state index in [2.05, 4.69) is 10.2 Å². The summed E-state index contributed by atoms with van der Waals surface area (Å²) in [5.74, 6) is -0.108. The summed E-state index contributed by atoms with van der Waals surface area (Å²) in [6.45, 7) is 0.466. The average molecular weight is 418 g/mol. The average Bonchev–Trinajstić information content (AvgIpc) is 3.30. The smallest absolute Gasteiger partial charge is 0.333 e. The number of esters is 1. The van der Waals surface area contributed by atoms with Gasteiger partial charge in [-0.05, 0) is 36.6 Å². The van der Waals surface area contributed by atoms with Crippen molar-refractivity contribution >= 4 is 5.97 Å². The summed E-state index contributed by atoms with van der Waals surface area (Å²) in [5, 5.41) is 8.95. The Balaban J connectivity index is 1.71. The zero-order chi connectivity index (χ0) is 21.8. The molecular weight excluding hydrogens is 396 g/mol. The monoisotopic (exact) mass is 418 g/mol. The molecule has 0 unspecified atom stereocenters. The molecule has 0 saturated carbocycles. The van der Waals surface area contributed by atoms with Gasteiger partial charge in [0.15, 0.2) is 11.4 Å². The second kappa shape index (κ2) is 8.83. The van der Waals surface area contributed by atoms with Crippen LogP contribution in [0.25, 0.3) is 17.1 Å². The van der Waals surface area contributed by atoms with Gasteiger partial charge in [-0.3, -0.25) is 9.48 Å². The second-order valence-electron chi connectivity index (χ2n) is 7.04. The molecule has 3 aromatic rings. The first kappa shape index (κ1) is 20.3. The van der Waals surface area contributed by atoms with Crippen LogP contribution in [0, 0.1) is 0 Å². The number of carbonyl (C=O) groups excluding carboxylic acids is 1. The van der Waals surface area contributed by atoms with Crippen molar-refractivity contribution in [1.82, 2.24) is 19.6 Å². The van der Waals surface area contributed by atoms with Crippen LogP contribution in [0.2, 0.25) is 0 Å². The number of rotatable bonds is 6. The van der Waals surface area contributed by atoms with E-state index in [1.807, 2.05) is 36.4 Å². The van der Waals surface area contributed by atoms with E-state index in [1.54, 1.807) is 33.9 Å². The Morgan fingerprint density at radius 1 is 1.10 bits per heavy atom. The standard InChI is InChI=1S/C23H22N4O4/c1-30-20-15-26(14-16-8-10-17(11-9-16)23(29)31-2)25-21(22(20)28)19-12-13-24-27(19)18-6-4-3-5-7-18/h3-8,10,12-13,15H,9,11,14H2,1-2H3. The molecule has 2 aromatic heterocycles. The summed E-state index contributed by atoms with van der Waals surface area (Å²) in [6, 6.07) is 11.3. The fourth-order valence-corrected chi connectivity index (χ4v) is 3.49. The molecule has 0 saturated heterocycles. The van der Waals surface area contributed by atoms with Crippen LogP contribution in [0.5, 0.6) is 5.75 Å². The molecule has 0 amide bonds. The maximum atomic E-state index is 13.0. The Labute approximate surface area is 179 Å². The highest BCUT2D eigenvalue weighted by Crippen LogP contribution is 2.23. The van der Waals surface area contributed by atoms with Gasteiger partial charge in [-0.15, -0.1) is 0 Å². The lowest BCUT2D eigenvalue weighted by Gasteiger charge is -2.16. The molecule has 2 heterocycles. The molecule has 0 bridgehead atoms. The van der Waals surface area contributed by atoms with Crippen molar-refractivity contribution < 1.29 is 14.3 Å². The third-order valence-corrected chi connectivity index (χ3v) is 5.09. The number of para-hydroxylation sites is 1. The summed E-state index contributed by atoms with van der Waals surface area (Å²) in [6.07, 6.45) is 8.20. The Kier molecular flexibility index (Phi) is 5.79. The highest BCUT2D eigenvalue weighted by molar-refractivity contribution is 5.89. The van der Waals surface area contributed by atoms with Crippen molar-refractivity contribution in [1.29, 1.82) is 0 Å². The van der Waals surface area contributed by atoms with Gasteiger partial charge < -0.3 is 9.47 Å². The second-order valence-corrected chi connectivity index (χ2v) is 7.04. The molecule has 0 radical (unpaired) electrons. The van der Waals surface area contributed by atoms with Crippen LogP contribution in [0.4, 0.5) is 0 Å². The van der Waals surface area contributed by atoms with Gasteiger partial charge in [0.05, 0.1) is 44.5 Å². The molecule has 0 atom stereocenters. The third-order valence-electron chi connectivity index (χ3n) is 5.09. The summed E-state index contributed by atoms with van der Waals surface area (Å²) in [4.78, 5) is 24.6. The molecule has 1 aliphatic rings. The number of methoxy groups -OCH3 is 2. The van der Waals surface area contributed by atoms with E-state index in [0.717, 1.165) is 11.3 Å². The Morgan fingerprint density at radius 3 is 2.58 bits per heavy atom. The number of nitrogens with zero attached hydrogens (tertiary/aromatic N) is 4. The van der Waals surface area contributed by atoms with Crippen molar-refractivity contribution in [3.05, 3.63) is 82.3 Å². The number of aromatic nitrogens is 4. The van der Waals surface area contributed by atoms with Gasteiger partial charge in [0.1, 0.15) is 0 Å². The lowest BCUT2D eigenvalue weighted by molar-refractivity contribution is -0.136. The molecular formula is C23H22N4O4. The van der Waals surface area contributed by atoms with Crippen LogP contribution in [0.3, 0.4) is 0 Å². The first-order valence-electron chi connectivity index (χ1n) is 9.83. The molecule has 0 aliphatic heterocycles. The van der Waals surface area contributed by atoms with Crippen LogP contribution in [0.15, 0.2) is 76.9 Å². The fraction of sp³-hybridized carbons (Fsp3) is 0.217. The maximum Gasteiger partial charge on any atom is 0.333 e. The number of allylic oxidation sites excluding steroid dienone is 3. The number of ether oxygens (including phenoxy) is 2. The number of hydrogen-bond donors (Lipinski definition) is 0. The topological polar surface area (TPSA) is 88.2 Å². The van der Waals surface area contributed by atoms with Gasteiger partial charge in [-0.25, -0.2) is 9.48 Å². The minimum atomic E-state index is -0.310. The van der Waals surface area contributed by atoms with Crippen molar-refractivity contribution in [2.75, 3.05) is 14.2 Å². The maximum absolute atomic E-state index is 13.0. The van der Waals surface area contributed by atoms with E-state index in [4.69, 9.17) is 9.47 Å². The normalized spacial score (nSPS) is 13.4. The molecule has 0 N–H and O–H groups in total. The first-order valence-corrected chi connectivity index (χ1v) is 9.83. The van der Waals surface area contributed by atoms with Crippen LogP contribution in [0.1, 0.15) is 12.8 Å². The Bertz CT molecular complexity index is 1220. The van der Waals surface area contributed by atoms with E-state index in [-0.39, 0.29) is 22.8 Å². The molecule has 8 nitrogen and oxygen atoms in total. The first-order chi connectivity index (χ1) is 15.1. The highest BCUT2D eigenvalue weighted by atomic mass is 16.5. The molecule has 158 valence electrons. The molecule has 4 rings (SSSR count). The summed E-state index contributed by atoms with van der Waals surface area (Å²) in [5.41, 5.74) is 3.07. The Hall–Kier alpha value is -3.94. The van der Waals surface area contributed by atoms with Crippen molar-refractivity contribution in [2.24, 2.45) is 0 Å². The zero-order valence-corrected chi connectivity index (χ0v) is 17.3. The molecule has 8 heteroatoms. The van der Waals surface area contributed by atoms with Crippen LogP contribution in [-0.2, 0) is 16.1 Å². The SMILES string of the molecule is COC(=O)C1=CC=C(Cn2cc(OC)c(=O)c(-c3ccnn3-c3ccccc3)n2)CC1. The van der Waals surface area contributed by atoms with E-state index in [0.29, 0.717) is 30.7 Å². The highest BCUT2D eigenvalue weighted by Gasteiger charge is 2.19. The van der Waals surface area contributed by atoms with Gasteiger partial charge in [0.2, 0.25) is 0 Å². The predicted molar refractivity (Wildman–Crippen MR) is 115 cm³/mol. The lowest BCUT2D eigenvalue weighted by Crippen LogP contribution is -2.19. The predicted octanol–water partition coefficient (Wildman–Crippen LogP) is 2.92. The Morgan fingerprint density at radius 2 is 1.90 bits per heavy atom. The number of hydrogen-bond acceptors (Lipinski definition) is 6. The van der Waals surface area contributed by atoms with Crippen LogP contribution >= 0.6 is 0 Å². The number of benzene rings is 1. The molecule has 1 aliphatic carbocycles. The zero-order valence-electron chi connectivity index (χ0n) is 17.3. The summed E-state index contributed by atoms with van der Waals surface area (Å²) < 4.78 is 13.5. The van der Waals surface area contributed by atoms with Gasteiger partial charge in [-0.2, -0.15) is 10.2 Å². The van der Waals surface area contributed by atoms with E-state index in [9.17, 15) is 9.59 Å². The largest absolute Gasteiger partial charge is 0.491 e. The lowest BCUT2D eigenvalue weighted by atomic mass is 9.98. The number of carbonyl (C=O) groups is 1. The van der Waals surface area contributed by atoms with Gasteiger partial charge >= 0.3 is 5.97 Å². The van der Waals surface area contributed by atoms with E-state index >= 15 is 0 Å². The van der Waals surface area contributed by atoms with Crippen LogP contribution in [-0.4, -0.2) is 39.7 Å². The van der Waals surface area contributed by atoms with Gasteiger partial charge in [-0.1, -0.05) is 30.4 Å². The van der Waals surface area contributed by atoms with Gasteiger partial charge in [0.25, 0.3) is 5.43 Å². The molecule has 0 spiro atoms. The third kappa shape index (κ3) is 4.18. The van der Waals surface area contributed by atoms with Crippen molar-refractivity contribution in [3.8, 4) is 22.8 Å².